The van der Waals surface area contributed by atoms with Crippen molar-refractivity contribution in [3.05, 3.63) is 71.2 Å². The second kappa shape index (κ2) is 8.69. The van der Waals surface area contributed by atoms with Crippen LogP contribution in [0.4, 0.5) is 5.69 Å². The largest absolute Gasteiger partial charge is 0.329 e. The van der Waals surface area contributed by atoms with Gasteiger partial charge in [0.05, 0.1) is 4.90 Å². The van der Waals surface area contributed by atoms with Crippen molar-refractivity contribution in [1.82, 2.24) is 9.62 Å². The molecule has 2 aliphatic rings. The number of para-hydroxylation sites is 1. The summed E-state index contributed by atoms with van der Waals surface area (Å²) >= 11 is 6.01. The lowest BCUT2D eigenvalue weighted by Crippen LogP contribution is -2.50. The van der Waals surface area contributed by atoms with Gasteiger partial charge in [-0.25, -0.2) is 8.42 Å². The third kappa shape index (κ3) is 4.06. The molecule has 0 aromatic heterocycles. The zero-order chi connectivity index (χ0) is 24.0. The Morgan fingerprint density at radius 2 is 1.79 bits per heavy atom. The maximum absolute atomic E-state index is 13.2. The van der Waals surface area contributed by atoms with Crippen LogP contribution in [0.5, 0.6) is 0 Å². The van der Waals surface area contributed by atoms with E-state index in [4.69, 9.17) is 11.6 Å². The number of carbonyl (C=O) groups excluding carboxylic acids is 2. The molecule has 7 nitrogen and oxygen atoms in total. The number of nitrogens with one attached hydrogen (secondary N) is 1. The van der Waals surface area contributed by atoms with E-state index >= 15 is 0 Å². The van der Waals surface area contributed by atoms with E-state index in [2.05, 4.69) is 4.72 Å². The van der Waals surface area contributed by atoms with Crippen LogP contribution in [0.3, 0.4) is 0 Å². The Labute approximate surface area is 203 Å². The average molecular weight is 498 g/mol. The Morgan fingerprint density at radius 1 is 1.06 bits per heavy atom. The van der Waals surface area contributed by atoms with E-state index in [9.17, 15) is 18.0 Å². The van der Waals surface area contributed by atoms with Crippen molar-refractivity contribution in [3.63, 3.8) is 0 Å². The average Bonchev–Trinajstić information content (AvgIpc) is 3.41. The summed E-state index contributed by atoms with van der Waals surface area (Å²) in [5, 5.41) is 2.13. The summed E-state index contributed by atoms with van der Waals surface area (Å²) in [6, 6.07) is 16.1. The fraction of sp³-hybridized carbons (Fsp3) is 0.280. The van der Waals surface area contributed by atoms with E-state index in [1.165, 1.54) is 11.0 Å². The van der Waals surface area contributed by atoms with E-state index in [1.54, 1.807) is 42.2 Å². The van der Waals surface area contributed by atoms with Crippen molar-refractivity contribution in [2.75, 3.05) is 18.0 Å². The van der Waals surface area contributed by atoms with Crippen molar-refractivity contribution >= 4 is 49.9 Å². The number of benzene rings is 3. The highest BCUT2D eigenvalue weighted by Gasteiger charge is 2.41. The summed E-state index contributed by atoms with van der Waals surface area (Å²) in [5.74, 6) is -0.542. The van der Waals surface area contributed by atoms with E-state index in [1.807, 2.05) is 24.3 Å². The minimum atomic E-state index is -3.93. The highest BCUT2D eigenvalue weighted by molar-refractivity contribution is 7.89. The molecule has 34 heavy (non-hydrogen) atoms. The molecular formula is C25H24ClN3O4S. The lowest BCUT2D eigenvalue weighted by molar-refractivity contribution is -0.136. The van der Waals surface area contributed by atoms with Crippen molar-refractivity contribution in [2.24, 2.45) is 0 Å². The molecule has 0 bridgehead atoms. The smallest absolute Gasteiger partial charge is 0.249 e. The number of amides is 2. The lowest BCUT2D eigenvalue weighted by atomic mass is 10.1. The van der Waals surface area contributed by atoms with Crippen LogP contribution in [-0.2, 0) is 26.0 Å². The molecule has 0 radical (unpaired) electrons. The molecule has 2 atom stereocenters. The summed E-state index contributed by atoms with van der Waals surface area (Å²) in [5.41, 5.74) is 1.99. The van der Waals surface area contributed by atoms with Gasteiger partial charge in [0, 0.05) is 23.8 Å². The van der Waals surface area contributed by atoms with Crippen molar-refractivity contribution in [1.29, 1.82) is 0 Å². The molecule has 0 spiro atoms. The van der Waals surface area contributed by atoms with E-state index in [-0.39, 0.29) is 16.7 Å². The second-order valence-corrected chi connectivity index (χ2v) is 10.8. The zero-order valence-corrected chi connectivity index (χ0v) is 20.1. The quantitative estimate of drug-likeness (QED) is 0.585. The first-order valence-electron chi connectivity index (χ1n) is 11.2. The number of rotatable bonds is 5. The lowest BCUT2D eigenvalue weighted by Gasteiger charge is -2.28. The Bertz CT molecular complexity index is 1410. The fourth-order valence-electron chi connectivity index (χ4n) is 4.74. The molecule has 5 rings (SSSR count). The SMILES string of the molecule is C[C@@H](C(=O)N1CCc2ccccc21)N1CC[C@H](NS(=O)(=O)c2ccc3cc(Cl)ccc3c2)C1=O. The number of hydrogen-bond donors (Lipinski definition) is 1. The summed E-state index contributed by atoms with van der Waals surface area (Å²) in [6.45, 7) is 2.59. The first-order chi connectivity index (χ1) is 16.2. The van der Waals surface area contributed by atoms with Gasteiger partial charge in [-0.3, -0.25) is 9.59 Å². The molecule has 3 aromatic rings. The molecule has 0 unspecified atom stereocenters. The standard InChI is InChI=1S/C25H24ClN3O4S/c1-16(24(30)29-12-10-17-4-2-3-5-23(17)29)28-13-11-22(25(28)31)27-34(32,33)21-9-7-18-14-20(26)8-6-19(18)15-21/h2-9,14-16,22,27H,10-13H2,1H3/t16-,22-/m0/s1. The van der Waals surface area contributed by atoms with Gasteiger partial charge in [0.25, 0.3) is 0 Å². The molecule has 1 saturated heterocycles. The number of sulfonamides is 1. The van der Waals surface area contributed by atoms with Crippen LogP contribution in [0.2, 0.25) is 5.02 Å². The van der Waals surface area contributed by atoms with Gasteiger partial charge < -0.3 is 9.80 Å². The molecule has 2 aliphatic heterocycles. The van der Waals surface area contributed by atoms with E-state index in [0.717, 1.165) is 28.4 Å². The summed E-state index contributed by atoms with van der Waals surface area (Å²) in [4.78, 5) is 29.5. The third-order valence-electron chi connectivity index (χ3n) is 6.60. The van der Waals surface area contributed by atoms with Crippen molar-refractivity contribution in [3.8, 4) is 0 Å². The molecule has 1 N–H and O–H groups in total. The van der Waals surface area contributed by atoms with E-state index < -0.39 is 22.1 Å². The fourth-order valence-corrected chi connectivity index (χ4v) is 6.18. The highest BCUT2D eigenvalue weighted by Crippen LogP contribution is 2.29. The highest BCUT2D eigenvalue weighted by atomic mass is 35.5. The normalized spacial score (nSPS) is 19.0. The molecule has 0 saturated carbocycles. The molecule has 0 aliphatic carbocycles. The predicted molar refractivity (Wildman–Crippen MR) is 131 cm³/mol. The van der Waals surface area contributed by atoms with Gasteiger partial charge in [-0.1, -0.05) is 41.9 Å². The molecule has 9 heteroatoms. The zero-order valence-electron chi connectivity index (χ0n) is 18.6. The maximum atomic E-state index is 13.2. The van der Waals surface area contributed by atoms with Gasteiger partial charge in [0.15, 0.2) is 0 Å². The van der Waals surface area contributed by atoms with Crippen LogP contribution in [0.25, 0.3) is 10.8 Å². The van der Waals surface area contributed by atoms with Gasteiger partial charge in [0.2, 0.25) is 21.8 Å². The van der Waals surface area contributed by atoms with Crippen molar-refractivity contribution < 1.29 is 18.0 Å². The number of fused-ring (bicyclic) bond motifs is 2. The third-order valence-corrected chi connectivity index (χ3v) is 8.30. The van der Waals surface area contributed by atoms with Gasteiger partial charge in [-0.2, -0.15) is 4.72 Å². The Hall–Kier alpha value is -2.94. The van der Waals surface area contributed by atoms with Gasteiger partial charge >= 0.3 is 0 Å². The number of hydrogen-bond acceptors (Lipinski definition) is 4. The molecule has 2 amide bonds. The molecule has 176 valence electrons. The maximum Gasteiger partial charge on any atom is 0.249 e. The van der Waals surface area contributed by atoms with Crippen LogP contribution < -0.4 is 9.62 Å². The van der Waals surface area contributed by atoms with Crippen LogP contribution in [0, 0.1) is 0 Å². The van der Waals surface area contributed by atoms with Gasteiger partial charge in [0.1, 0.15) is 12.1 Å². The Morgan fingerprint density at radius 3 is 2.62 bits per heavy atom. The van der Waals surface area contributed by atoms with Crippen LogP contribution >= 0.6 is 11.6 Å². The monoisotopic (exact) mass is 497 g/mol. The molecular weight excluding hydrogens is 474 g/mol. The number of anilines is 1. The minimum absolute atomic E-state index is 0.0753. The molecule has 2 heterocycles. The topological polar surface area (TPSA) is 86.8 Å². The first-order valence-corrected chi connectivity index (χ1v) is 13.0. The molecule has 3 aromatic carbocycles. The predicted octanol–water partition coefficient (Wildman–Crippen LogP) is 3.35. The van der Waals surface area contributed by atoms with Gasteiger partial charge in [-0.15, -0.1) is 0 Å². The van der Waals surface area contributed by atoms with Crippen LogP contribution in [-0.4, -0.2) is 50.3 Å². The van der Waals surface area contributed by atoms with Gasteiger partial charge in [-0.05, 0) is 66.4 Å². The van der Waals surface area contributed by atoms with Crippen LogP contribution in [0.1, 0.15) is 18.9 Å². The number of nitrogens with zero attached hydrogens (tertiary/aromatic N) is 2. The number of likely N-dealkylation sites (tertiary alicyclic amines) is 1. The van der Waals surface area contributed by atoms with Crippen LogP contribution in [0.15, 0.2) is 65.6 Å². The Balaban J connectivity index is 1.30. The summed E-state index contributed by atoms with van der Waals surface area (Å²) in [6.07, 6.45) is 1.08. The second-order valence-electron chi connectivity index (χ2n) is 8.69. The molecule has 1 fully saturated rings. The minimum Gasteiger partial charge on any atom is -0.329 e. The van der Waals surface area contributed by atoms with E-state index in [0.29, 0.717) is 24.5 Å². The summed E-state index contributed by atoms with van der Waals surface area (Å²) < 4.78 is 28.6. The first kappa shape index (κ1) is 22.8. The summed E-state index contributed by atoms with van der Waals surface area (Å²) in [7, 11) is -3.93. The number of carbonyl (C=O) groups is 2. The number of halogens is 1. The van der Waals surface area contributed by atoms with Crippen molar-refractivity contribution in [2.45, 2.75) is 36.7 Å². The Kier molecular flexibility index (Phi) is 5.83.